The summed E-state index contributed by atoms with van der Waals surface area (Å²) in [6.07, 6.45) is 5.71. The highest BCUT2D eigenvalue weighted by atomic mass is 16.5. The van der Waals surface area contributed by atoms with Crippen LogP contribution in [0.3, 0.4) is 0 Å². The molecule has 118 valence electrons. The summed E-state index contributed by atoms with van der Waals surface area (Å²) in [5.74, 6) is -0.114. The largest absolute Gasteiger partial charge is 0.493 e. The summed E-state index contributed by atoms with van der Waals surface area (Å²) in [6, 6.07) is 6.72. The van der Waals surface area contributed by atoms with Crippen molar-refractivity contribution >= 4 is 12.0 Å². The Labute approximate surface area is 130 Å². The number of nitrogens with zero attached hydrogens (tertiary/aromatic N) is 1. The Morgan fingerprint density at radius 3 is 2.68 bits per heavy atom. The average molecular weight is 303 g/mol. The van der Waals surface area contributed by atoms with Crippen LogP contribution in [0.4, 0.5) is 0 Å². The maximum Gasteiger partial charge on any atom is 0.346 e. The van der Waals surface area contributed by atoms with Gasteiger partial charge in [-0.05, 0) is 30.2 Å². The van der Waals surface area contributed by atoms with E-state index in [1.165, 1.54) is 12.5 Å². The van der Waals surface area contributed by atoms with Crippen molar-refractivity contribution in [2.45, 2.75) is 32.6 Å². The van der Waals surface area contributed by atoms with Gasteiger partial charge in [0.1, 0.15) is 11.6 Å². The lowest BCUT2D eigenvalue weighted by molar-refractivity contribution is -0.132. The van der Waals surface area contributed by atoms with Crippen LogP contribution in [0.2, 0.25) is 0 Å². The number of methoxy groups -OCH3 is 1. The number of rotatable bonds is 9. The van der Waals surface area contributed by atoms with Crippen LogP contribution in [0.5, 0.6) is 11.5 Å². The highest BCUT2D eigenvalue weighted by molar-refractivity contribution is 5.96. The lowest BCUT2D eigenvalue weighted by Gasteiger charge is -2.11. The van der Waals surface area contributed by atoms with Gasteiger partial charge in [-0.3, -0.25) is 0 Å². The molecule has 0 fully saturated rings. The van der Waals surface area contributed by atoms with Gasteiger partial charge in [-0.2, -0.15) is 5.26 Å². The molecule has 0 radical (unpaired) electrons. The first kappa shape index (κ1) is 17.6. The van der Waals surface area contributed by atoms with E-state index in [1.54, 1.807) is 31.4 Å². The van der Waals surface area contributed by atoms with Crippen LogP contribution < -0.4 is 9.47 Å². The molecule has 0 heterocycles. The number of ether oxygens (including phenoxy) is 2. The molecule has 1 aromatic rings. The molecule has 5 nitrogen and oxygen atoms in total. The van der Waals surface area contributed by atoms with Gasteiger partial charge in [-0.25, -0.2) is 4.79 Å². The normalized spacial score (nSPS) is 10.9. The molecule has 0 atom stereocenters. The smallest absolute Gasteiger partial charge is 0.346 e. The Hall–Kier alpha value is -2.48. The first-order valence-electron chi connectivity index (χ1n) is 7.28. The van der Waals surface area contributed by atoms with Crippen molar-refractivity contribution in [2.75, 3.05) is 13.7 Å². The zero-order valence-electron chi connectivity index (χ0n) is 13.0. The van der Waals surface area contributed by atoms with E-state index in [2.05, 4.69) is 6.92 Å². The fourth-order valence-electron chi connectivity index (χ4n) is 1.92. The minimum atomic E-state index is -1.25. The quantitative estimate of drug-likeness (QED) is 0.428. The molecule has 0 amide bonds. The van der Waals surface area contributed by atoms with E-state index in [0.29, 0.717) is 23.7 Å². The van der Waals surface area contributed by atoms with Crippen molar-refractivity contribution in [2.24, 2.45) is 0 Å². The Kier molecular flexibility index (Phi) is 7.55. The molecule has 0 aromatic heterocycles. The first-order valence-corrected chi connectivity index (χ1v) is 7.28. The molecule has 22 heavy (non-hydrogen) atoms. The monoisotopic (exact) mass is 303 g/mol. The van der Waals surface area contributed by atoms with Gasteiger partial charge in [-0.15, -0.1) is 0 Å². The summed E-state index contributed by atoms with van der Waals surface area (Å²) in [6.45, 7) is 2.72. The Bertz CT molecular complexity index is 573. The third-order valence-electron chi connectivity index (χ3n) is 3.11. The third kappa shape index (κ3) is 5.49. The van der Waals surface area contributed by atoms with Crippen molar-refractivity contribution in [3.63, 3.8) is 0 Å². The van der Waals surface area contributed by atoms with Crippen LogP contribution in [0.25, 0.3) is 6.08 Å². The molecule has 5 heteroatoms. The van der Waals surface area contributed by atoms with E-state index in [9.17, 15) is 4.79 Å². The second-order valence-corrected chi connectivity index (χ2v) is 4.79. The number of hydrogen-bond acceptors (Lipinski definition) is 4. The summed E-state index contributed by atoms with van der Waals surface area (Å²) in [7, 11) is 1.55. The number of carbonyl (C=O) groups is 1. The molecule has 0 aliphatic heterocycles. The summed E-state index contributed by atoms with van der Waals surface area (Å²) >= 11 is 0. The molecular weight excluding hydrogens is 282 g/mol. The third-order valence-corrected chi connectivity index (χ3v) is 3.11. The molecule has 0 saturated heterocycles. The number of nitriles is 1. The SMILES string of the molecule is CCCCCCOc1cc(C=C(C#N)C(=O)O)ccc1OC. The molecule has 1 N–H and O–H groups in total. The minimum absolute atomic E-state index is 0.320. The van der Waals surface area contributed by atoms with Gasteiger partial charge in [0.2, 0.25) is 0 Å². The summed E-state index contributed by atoms with van der Waals surface area (Å²) in [5, 5.41) is 17.7. The number of carboxylic acid groups (broad SMARTS) is 1. The molecule has 1 rings (SSSR count). The maximum atomic E-state index is 10.9. The van der Waals surface area contributed by atoms with Crippen LogP contribution in [0.1, 0.15) is 38.2 Å². The highest BCUT2D eigenvalue weighted by Crippen LogP contribution is 2.29. The Morgan fingerprint density at radius 1 is 1.32 bits per heavy atom. The van der Waals surface area contributed by atoms with Crippen LogP contribution >= 0.6 is 0 Å². The summed E-state index contributed by atoms with van der Waals surface area (Å²) in [5.41, 5.74) is 0.266. The van der Waals surface area contributed by atoms with Gasteiger partial charge < -0.3 is 14.6 Å². The molecule has 0 aliphatic rings. The first-order chi connectivity index (χ1) is 10.6. The number of unbranched alkanes of at least 4 members (excludes halogenated alkanes) is 3. The van der Waals surface area contributed by atoms with E-state index in [0.717, 1.165) is 19.3 Å². The Balaban J connectivity index is 2.85. The number of carboxylic acids is 1. The minimum Gasteiger partial charge on any atom is -0.493 e. The molecule has 0 unspecified atom stereocenters. The zero-order valence-corrected chi connectivity index (χ0v) is 13.0. The van der Waals surface area contributed by atoms with Gasteiger partial charge in [0, 0.05) is 0 Å². The lowest BCUT2D eigenvalue weighted by Crippen LogP contribution is -2.00. The van der Waals surface area contributed by atoms with E-state index in [1.807, 2.05) is 0 Å². The second-order valence-electron chi connectivity index (χ2n) is 4.79. The fraction of sp³-hybridized carbons (Fsp3) is 0.412. The predicted octanol–water partition coefficient (Wildman–Crippen LogP) is 3.65. The molecule has 0 saturated carbocycles. The van der Waals surface area contributed by atoms with Crippen LogP contribution in [-0.4, -0.2) is 24.8 Å². The van der Waals surface area contributed by atoms with Gasteiger partial charge in [0.25, 0.3) is 0 Å². The van der Waals surface area contributed by atoms with Crippen LogP contribution in [-0.2, 0) is 4.79 Å². The molecule has 0 bridgehead atoms. The van der Waals surface area contributed by atoms with E-state index < -0.39 is 5.97 Å². The molecule has 0 aliphatic carbocycles. The fourth-order valence-corrected chi connectivity index (χ4v) is 1.92. The van der Waals surface area contributed by atoms with Crippen molar-refractivity contribution in [1.82, 2.24) is 0 Å². The van der Waals surface area contributed by atoms with Crippen molar-refractivity contribution in [3.8, 4) is 17.6 Å². The number of benzene rings is 1. The highest BCUT2D eigenvalue weighted by Gasteiger charge is 2.09. The molecule has 1 aromatic carbocycles. The van der Waals surface area contributed by atoms with Gasteiger partial charge in [0.05, 0.1) is 13.7 Å². The number of aliphatic carboxylic acids is 1. The van der Waals surface area contributed by atoms with Gasteiger partial charge in [-0.1, -0.05) is 32.3 Å². The molecular formula is C17H21NO4. The Morgan fingerprint density at radius 2 is 2.09 bits per heavy atom. The van der Waals surface area contributed by atoms with E-state index in [-0.39, 0.29) is 5.57 Å². The summed E-state index contributed by atoms with van der Waals surface area (Å²) in [4.78, 5) is 10.9. The van der Waals surface area contributed by atoms with Gasteiger partial charge in [0.15, 0.2) is 11.5 Å². The summed E-state index contributed by atoms with van der Waals surface area (Å²) < 4.78 is 10.9. The van der Waals surface area contributed by atoms with Crippen molar-refractivity contribution < 1.29 is 19.4 Å². The van der Waals surface area contributed by atoms with Crippen LogP contribution in [0, 0.1) is 11.3 Å². The van der Waals surface area contributed by atoms with E-state index in [4.69, 9.17) is 19.8 Å². The maximum absolute atomic E-state index is 10.9. The second kappa shape index (κ2) is 9.46. The van der Waals surface area contributed by atoms with E-state index >= 15 is 0 Å². The zero-order chi connectivity index (χ0) is 16.4. The predicted molar refractivity (Wildman–Crippen MR) is 83.9 cm³/mol. The number of hydrogen-bond donors (Lipinski definition) is 1. The molecule has 0 spiro atoms. The van der Waals surface area contributed by atoms with Gasteiger partial charge >= 0.3 is 5.97 Å². The van der Waals surface area contributed by atoms with Crippen molar-refractivity contribution in [3.05, 3.63) is 29.3 Å². The topological polar surface area (TPSA) is 79.5 Å². The van der Waals surface area contributed by atoms with Crippen molar-refractivity contribution in [1.29, 1.82) is 5.26 Å². The average Bonchev–Trinajstić information content (AvgIpc) is 2.52. The standard InChI is InChI=1S/C17H21NO4/c1-3-4-5-6-9-22-16-11-13(7-8-15(16)21-2)10-14(12-18)17(19)20/h7-8,10-11H,3-6,9H2,1-2H3,(H,19,20). The van der Waals surface area contributed by atoms with Crippen LogP contribution in [0.15, 0.2) is 23.8 Å². The lowest BCUT2D eigenvalue weighted by atomic mass is 10.1.